The number of carbonyl (C=O) groups excluding carboxylic acids is 2. The first kappa shape index (κ1) is 42.9. The Hall–Kier alpha value is -4.10. The van der Waals surface area contributed by atoms with Crippen molar-refractivity contribution < 1.29 is 75.8 Å². The number of ketones is 2. The minimum Gasteiger partial charge on any atom is -0.504 e. The van der Waals surface area contributed by atoms with Gasteiger partial charge in [0.1, 0.15) is 28.7 Å². The molecule has 0 heterocycles. The van der Waals surface area contributed by atoms with Gasteiger partial charge in [-0.25, -0.2) is 0 Å². The maximum atomic E-state index is 12.3. The second-order valence-electron chi connectivity index (χ2n) is 9.49. The summed E-state index contributed by atoms with van der Waals surface area (Å²) in [5.41, 5.74) is 2.58. The SMILES string of the molecule is COc1cc(OC)cc(C(=O)/C=C/c2ccc(OC)c(O)c2)c1.COc1ccc(/C=C/C(=O)c2cc(OC)cc(OC)c2)cc1.[B][CH-]P.[Y]. The van der Waals surface area contributed by atoms with Gasteiger partial charge in [-0.15, -0.1) is 0 Å². The third-order valence-electron chi connectivity index (χ3n) is 6.44. The van der Waals surface area contributed by atoms with Gasteiger partial charge in [-0.3, -0.25) is 9.59 Å². The molecule has 1 atom stereocenters. The molecule has 0 spiro atoms. The fraction of sp³-hybridized carbons (Fsp3) is 0.162. The van der Waals surface area contributed by atoms with E-state index in [1.807, 2.05) is 24.3 Å². The molecule has 49 heavy (non-hydrogen) atoms. The standard InChI is InChI=1S/C18H18O5.C18H18O4.CH3BP.Y/c1-21-14-9-13(10-15(11-14)22-2)16(19)6-4-12-5-7-18(23-3)17(20)8-12;1-20-15-7-4-13(5-8-15)6-9-18(19)14-10-16(21-2)12-17(11-14)22-3;2-1-3;/h4-11,20H,1-3H3;4-12H,1-3H3;1H,3H2;/q;;-1;/b6-4+;9-6+;;. The second kappa shape index (κ2) is 23.3. The molecule has 4 rings (SSSR count). The summed E-state index contributed by atoms with van der Waals surface area (Å²) in [6, 6.07) is 23.8. The number of carbonyl (C=O) groups is 2. The van der Waals surface area contributed by atoms with Gasteiger partial charge >= 0.3 is 0 Å². The van der Waals surface area contributed by atoms with E-state index in [0.717, 1.165) is 11.3 Å². The maximum Gasteiger partial charge on any atom is 0.186 e. The number of phenols is 1. The van der Waals surface area contributed by atoms with Crippen molar-refractivity contribution in [2.75, 3.05) is 42.7 Å². The number of allylic oxidation sites excluding steroid dienone is 2. The Morgan fingerprint density at radius 3 is 1.31 bits per heavy atom. The summed E-state index contributed by atoms with van der Waals surface area (Å²) in [6.45, 7) is 0. The van der Waals surface area contributed by atoms with E-state index in [1.165, 1.54) is 45.6 Å². The predicted molar refractivity (Wildman–Crippen MR) is 193 cm³/mol. The van der Waals surface area contributed by atoms with Crippen LogP contribution in [-0.2, 0) is 32.7 Å². The Morgan fingerprint density at radius 2 is 0.959 bits per heavy atom. The molecule has 0 aliphatic carbocycles. The molecule has 0 saturated heterocycles. The Bertz CT molecular complexity index is 1650. The first-order valence-electron chi connectivity index (χ1n) is 14.3. The first-order chi connectivity index (χ1) is 23.1. The summed E-state index contributed by atoms with van der Waals surface area (Å²) in [5, 5.41) is 9.73. The zero-order valence-electron chi connectivity index (χ0n) is 28.3. The van der Waals surface area contributed by atoms with Crippen LogP contribution >= 0.6 is 9.24 Å². The van der Waals surface area contributed by atoms with Crippen molar-refractivity contribution in [3.8, 4) is 40.2 Å². The zero-order chi connectivity index (χ0) is 35.5. The van der Waals surface area contributed by atoms with E-state index in [9.17, 15) is 14.7 Å². The molecule has 0 saturated carbocycles. The molecule has 0 bridgehead atoms. The molecule has 0 aliphatic rings. The van der Waals surface area contributed by atoms with Gasteiger partial charge in [0.05, 0.1) is 42.7 Å². The fourth-order valence-electron chi connectivity index (χ4n) is 3.96. The molecule has 0 aliphatic heterocycles. The Kier molecular flexibility index (Phi) is 20.4. The summed E-state index contributed by atoms with van der Waals surface area (Å²) in [5.74, 6) is 3.12. The number of hydrogen-bond donors (Lipinski definition) is 1. The fourth-order valence-corrected chi connectivity index (χ4v) is 3.96. The zero-order valence-corrected chi connectivity index (χ0v) is 32.3. The number of hydrogen-bond acceptors (Lipinski definition) is 9. The van der Waals surface area contributed by atoms with E-state index < -0.39 is 0 Å². The van der Waals surface area contributed by atoms with E-state index in [2.05, 4.69) is 17.1 Å². The van der Waals surface area contributed by atoms with Crippen LogP contribution in [0.1, 0.15) is 31.8 Å². The van der Waals surface area contributed by atoms with Crippen LogP contribution in [0.3, 0.4) is 0 Å². The minimum absolute atomic E-state index is 0. The number of methoxy groups -OCH3 is 6. The normalized spacial score (nSPS) is 10.0. The molecule has 3 radical (unpaired) electrons. The number of aromatic hydroxyl groups is 1. The van der Waals surface area contributed by atoms with Crippen molar-refractivity contribution in [1.82, 2.24) is 0 Å². The van der Waals surface area contributed by atoms with Gasteiger partial charge in [0.25, 0.3) is 0 Å². The molecule has 0 fully saturated rings. The van der Waals surface area contributed by atoms with E-state index in [-0.39, 0.29) is 50.0 Å². The number of benzene rings is 4. The number of rotatable bonds is 12. The molecule has 1 N–H and O–H groups in total. The van der Waals surface area contributed by atoms with Gasteiger partial charge in [-0.1, -0.05) is 30.4 Å². The van der Waals surface area contributed by atoms with E-state index in [0.29, 0.717) is 45.4 Å². The smallest absolute Gasteiger partial charge is 0.186 e. The Morgan fingerprint density at radius 1 is 0.592 bits per heavy atom. The predicted octanol–water partition coefficient (Wildman–Crippen LogP) is 7.07. The van der Waals surface area contributed by atoms with Crippen molar-refractivity contribution in [2.24, 2.45) is 0 Å². The van der Waals surface area contributed by atoms with Crippen LogP contribution in [0.2, 0.25) is 0 Å². The summed E-state index contributed by atoms with van der Waals surface area (Å²) in [7, 11) is 16.2. The molecule has 253 valence electrons. The largest absolute Gasteiger partial charge is 0.504 e. The molecule has 0 aromatic heterocycles. The van der Waals surface area contributed by atoms with E-state index in [4.69, 9.17) is 28.4 Å². The first-order valence-corrected chi connectivity index (χ1v) is 15.0. The second-order valence-corrected chi connectivity index (χ2v) is 9.88. The van der Waals surface area contributed by atoms with Gasteiger partial charge in [-0.2, -0.15) is 7.85 Å². The summed E-state index contributed by atoms with van der Waals surface area (Å²) in [4.78, 5) is 24.5. The quantitative estimate of drug-likeness (QED) is 0.0534. The minimum atomic E-state index is -0.197. The van der Waals surface area contributed by atoms with Crippen LogP contribution in [0, 0.1) is 6.06 Å². The van der Waals surface area contributed by atoms with Crippen LogP contribution in [0.15, 0.2) is 91.0 Å². The monoisotopic (exact) mass is 758 g/mol. The Labute approximate surface area is 317 Å². The number of ether oxygens (including phenoxy) is 6. The third-order valence-corrected chi connectivity index (χ3v) is 6.44. The summed E-state index contributed by atoms with van der Waals surface area (Å²) < 4.78 is 30.7. The van der Waals surface area contributed by atoms with Crippen LogP contribution in [-0.4, -0.2) is 67.2 Å². The third kappa shape index (κ3) is 14.5. The van der Waals surface area contributed by atoms with Crippen molar-refractivity contribution in [3.63, 3.8) is 0 Å². The molecule has 4 aromatic rings. The molecule has 0 amide bonds. The van der Waals surface area contributed by atoms with Crippen LogP contribution < -0.4 is 28.4 Å². The summed E-state index contributed by atoms with van der Waals surface area (Å²) >= 11 is 0. The molecular formula is C37H39BO9PY-. The molecule has 12 heteroatoms. The van der Waals surface area contributed by atoms with Gasteiger partial charge < -0.3 is 48.8 Å². The van der Waals surface area contributed by atoms with Crippen molar-refractivity contribution in [1.29, 1.82) is 0 Å². The molecule has 4 aromatic carbocycles. The van der Waals surface area contributed by atoms with E-state index >= 15 is 0 Å². The van der Waals surface area contributed by atoms with Crippen molar-refractivity contribution in [2.45, 2.75) is 0 Å². The number of phenolic OH excluding ortho intramolecular Hbond substituents is 1. The van der Waals surface area contributed by atoms with Gasteiger partial charge in [0.2, 0.25) is 0 Å². The average Bonchev–Trinajstić information content (AvgIpc) is 3.13. The molecular weight excluding hydrogens is 719 g/mol. The topological polar surface area (TPSA) is 110 Å². The maximum absolute atomic E-state index is 12.3. The molecule has 9 nitrogen and oxygen atoms in total. The van der Waals surface area contributed by atoms with Crippen LogP contribution in [0.25, 0.3) is 12.2 Å². The average molecular weight is 758 g/mol. The van der Waals surface area contributed by atoms with Gasteiger partial charge in [0.15, 0.2) is 23.1 Å². The van der Waals surface area contributed by atoms with Crippen molar-refractivity contribution in [3.05, 3.63) is 119 Å². The summed E-state index contributed by atoms with van der Waals surface area (Å²) in [6.07, 6.45) is 6.33. The van der Waals surface area contributed by atoms with Crippen molar-refractivity contribution >= 4 is 40.8 Å². The van der Waals surface area contributed by atoms with Gasteiger partial charge in [-0.05, 0) is 71.8 Å². The van der Waals surface area contributed by atoms with Gasteiger partial charge in [0, 0.05) is 56.0 Å². The molecule has 1 unspecified atom stereocenters. The Balaban J connectivity index is 0.000000446. The van der Waals surface area contributed by atoms with E-state index in [1.54, 1.807) is 82.0 Å². The van der Waals surface area contributed by atoms with Crippen LogP contribution in [0.5, 0.6) is 40.2 Å². The van der Waals surface area contributed by atoms with Crippen LogP contribution in [0.4, 0.5) is 0 Å².